The van der Waals surface area contributed by atoms with Crippen LogP contribution in [-0.2, 0) is 0 Å². The van der Waals surface area contributed by atoms with Crippen LogP contribution < -0.4 is 10.2 Å². The number of nitrogens with zero attached hydrogens (tertiary/aromatic N) is 1. The molecular weight excluding hydrogens is 248 g/mol. The molecule has 2 aromatic carbocycles. The fourth-order valence-electron chi connectivity index (χ4n) is 2.61. The fraction of sp³-hybridized carbons (Fsp3) is 0.235. The van der Waals surface area contributed by atoms with Crippen LogP contribution >= 0.6 is 0 Å². The van der Waals surface area contributed by atoms with Crippen LogP contribution in [0.1, 0.15) is 22.3 Å². The Morgan fingerprint density at radius 3 is 2.70 bits per heavy atom. The molecule has 1 N–H and O–H groups in total. The molecule has 0 fully saturated rings. The van der Waals surface area contributed by atoms with Crippen molar-refractivity contribution >= 4 is 17.3 Å². The molecule has 0 saturated heterocycles. The summed E-state index contributed by atoms with van der Waals surface area (Å²) in [6.07, 6.45) is 0.951. The molecule has 0 atom stereocenters. The van der Waals surface area contributed by atoms with Gasteiger partial charge in [0.2, 0.25) is 0 Å². The second-order valence-electron chi connectivity index (χ2n) is 5.07. The first kappa shape index (κ1) is 12.7. The van der Waals surface area contributed by atoms with Crippen LogP contribution in [0.15, 0.2) is 48.5 Å². The molecule has 0 radical (unpaired) electrons. The van der Waals surface area contributed by atoms with Crippen LogP contribution in [-0.4, -0.2) is 19.0 Å². The zero-order valence-electron chi connectivity index (χ0n) is 11.6. The summed E-state index contributed by atoms with van der Waals surface area (Å²) in [4.78, 5) is 14.7. The van der Waals surface area contributed by atoms with Gasteiger partial charge in [0, 0.05) is 18.7 Å². The van der Waals surface area contributed by atoms with Gasteiger partial charge in [0.05, 0.1) is 11.4 Å². The number of para-hydroxylation sites is 2. The number of carbonyl (C=O) groups is 1. The lowest BCUT2D eigenvalue weighted by molar-refractivity contribution is 0.0986. The number of aryl methyl sites for hydroxylation is 1. The summed E-state index contributed by atoms with van der Waals surface area (Å²) in [6.45, 7) is 3.63. The van der Waals surface area contributed by atoms with Crippen molar-refractivity contribution in [1.29, 1.82) is 0 Å². The summed E-state index contributed by atoms with van der Waals surface area (Å²) in [6, 6.07) is 15.8. The number of hydrogen-bond acceptors (Lipinski definition) is 2. The fourth-order valence-corrected chi connectivity index (χ4v) is 2.61. The van der Waals surface area contributed by atoms with Gasteiger partial charge in [0.25, 0.3) is 5.91 Å². The second kappa shape index (κ2) is 5.37. The zero-order chi connectivity index (χ0) is 13.9. The van der Waals surface area contributed by atoms with E-state index in [1.54, 1.807) is 0 Å². The zero-order valence-corrected chi connectivity index (χ0v) is 11.6. The molecule has 3 heteroatoms. The van der Waals surface area contributed by atoms with Gasteiger partial charge in [-0.3, -0.25) is 4.79 Å². The molecule has 20 heavy (non-hydrogen) atoms. The quantitative estimate of drug-likeness (QED) is 0.857. The van der Waals surface area contributed by atoms with Crippen molar-refractivity contribution in [2.24, 2.45) is 0 Å². The van der Waals surface area contributed by atoms with E-state index in [2.05, 4.69) is 5.32 Å². The molecule has 3 rings (SSSR count). The molecule has 3 nitrogen and oxygen atoms in total. The lowest BCUT2D eigenvalue weighted by Gasteiger charge is -2.23. The van der Waals surface area contributed by atoms with E-state index in [1.165, 1.54) is 0 Å². The Balaban J connectivity index is 2.02. The maximum absolute atomic E-state index is 12.8. The predicted molar refractivity (Wildman–Crippen MR) is 82.4 cm³/mol. The van der Waals surface area contributed by atoms with Gasteiger partial charge in [0.15, 0.2) is 0 Å². The molecule has 1 heterocycles. The highest BCUT2D eigenvalue weighted by atomic mass is 16.2. The van der Waals surface area contributed by atoms with Gasteiger partial charge in [-0.05, 0) is 37.1 Å². The van der Waals surface area contributed by atoms with Gasteiger partial charge in [-0.15, -0.1) is 0 Å². The van der Waals surface area contributed by atoms with E-state index in [-0.39, 0.29) is 5.91 Å². The Labute approximate surface area is 119 Å². The molecule has 1 aliphatic heterocycles. The van der Waals surface area contributed by atoms with Crippen LogP contribution in [0.5, 0.6) is 0 Å². The van der Waals surface area contributed by atoms with Crippen LogP contribution in [0.2, 0.25) is 0 Å². The van der Waals surface area contributed by atoms with E-state index in [0.717, 1.165) is 42.0 Å². The molecule has 0 aromatic heterocycles. The van der Waals surface area contributed by atoms with Gasteiger partial charge in [-0.1, -0.05) is 30.3 Å². The van der Waals surface area contributed by atoms with Crippen LogP contribution in [0.25, 0.3) is 0 Å². The minimum atomic E-state index is 0.0826. The van der Waals surface area contributed by atoms with Crippen LogP contribution in [0.4, 0.5) is 11.4 Å². The van der Waals surface area contributed by atoms with Crippen molar-refractivity contribution < 1.29 is 4.79 Å². The average Bonchev–Trinajstić information content (AvgIpc) is 2.69. The first-order chi connectivity index (χ1) is 9.77. The highest BCUT2D eigenvalue weighted by Crippen LogP contribution is 2.29. The van der Waals surface area contributed by atoms with E-state index >= 15 is 0 Å². The molecule has 1 aliphatic rings. The Morgan fingerprint density at radius 2 is 1.85 bits per heavy atom. The van der Waals surface area contributed by atoms with E-state index in [0.29, 0.717) is 0 Å². The van der Waals surface area contributed by atoms with Crippen LogP contribution in [0, 0.1) is 6.92 Å². The topological polar surface area (TPSA) is 32.3 Å². The van der Waals surface area contributed by atoms with Gasteiger partial charge in [0.1, 0.15) is 0 Å². The third-order valence-corrected chi connectivity index (χ3v) is 3.69. The highest BCUT2D eigenvalue weighted by molar-refractivity contribution is 6.08. The predicted octanol–water partition coefficient (Wildman–Crippen LogP) is 3.46. The maximum Gasteiger partial charge on any atom is 0.258 e. The minimum absolute atomic E-state index is 0.0826. The molecule has 0 aliphatic carbocycles. The molecular formula is C17H18N2O. The summed E-state index contributed by atoms with van der Waals surface area (Å²) < 4.78 is 0. The molecule has 102 valence electrons. The Bertz CT molecular complexity index is 636. The number of anilines is 2. The number of carbonyl (C=O) groups excluding carboxylic acids is 1. The van der Waals surface area contributed by atoms with E-state index in [1.807, 2.05) is 60.4 Å². The molecule has 0 saturated carbocycles. The van der Waals surface area contributed by atoms with E-state index < -0.39 is 0 Å². The number of hydrogen-bond donors (Lipinski definition) is 1. The third-order valence-electron chi connectivity index (χ3n) is 3.69. The number of amides is 1. The van der Waals surface area contributed by atoms with Crippen molar-refractivity contribution in [3.8, 4) is 0 Å². The standard InChI is InChI=1S/C17H18N2O/c1-13-7-2-3-8-14(13)17(20)19-12-6-11-18-15-9-4-5-10-16(15)19/h2-5,7-10,18H,6,11-12H2,1H3. The average molecular weight is 266 g/mol. The van der Waals surface area contributed by atoms with Gasteiger partial charge >= 0.3 is 0 Å². The highest BCUT2D eigenvalue weighted by Gasteiger charge is 2.22. The molecule has 0 spiro atoms. The lowest BCUT2D eigenvalue weighted by atomic mass is 10.1. The summed E-state index contributed by atoms with van der Waals surface area (Å²) in [5.41, 5.74) is 3.81. The molecule has 0 bridgehead atoms. The van der Waals surface area contributed by atoms with E-state index in [9.17, 15) is 4.79 Å². The third kappa shape index (κ3) is 2.27. The summed E-state index contributed by atoms with van der Waals surface area (Å²) in [5, 5.41) is 3.38. The second-order valence-corrected chi connectivity index (χ2v) is 5.07. The summed E-state index contributed by atoms with van der Waals surface area (Å²) in [7, 11) is 0. The van der Waals surface area contributed by atoms with Crippen molar-refractivity contribution in [2.45, 2.75) is 13.3 Å². The Kier molecular flexibility index (Phi) is 3.42. The van der Waals surface area contributed by atoms with Gasteiger partial charge in [-0.2, -0.15) is 0 Å². The number of benzene rings is 2. The largest absolute Gasteiger partial charge is 0.383 e. The number of fused-ring (bicyclic) bond motifs is 1. The first-order valence-electron chi connectivity index (χ1n) is 6.98. The van der Waals surface area contributed by atoms with Gasteiger partial charge < -0.3 is 10.2 Å². The van der Waals surface area contributed by atoms with Gasteiger partial charge in [-0.25, -0.2) is 0 Å². The lowest BCUT2D eigenvalue weighted by Crippen LogP contribution is -2.32. The van der Waals surface area contributed by atoms with Crippen molar-refractivity contribution in [3.63, 3.8) is 0 Å². The van der Waals surface area contributed by atoms with Crippen molar-refractivity contribution in [2.75, 3.05) is 23.3 Å². The monoisotopic (exact) mass is 266 g/mol. The SMILES string of the molecule is Cc1ccccc1C(=O)N1CCCNc2ccccc21. The number of nitrogens with one attached hydrogen (secondary N) is 1. The van der Waals surface area contributed by atoms with Crippen molar-refractivity contribution in [3.05, 3.63) is 59.7 Å². The molecule has 2 aromatic rings. The maximum atomic E-state index is 12.8. The number of rotatable bonds is 1. The normalized spacial score (nSPS) is 14.2. The Morgan fingerprint density at radius 1 is 1.10 bits per heavy atom. The van der Waals surface area contributed by atoms with E-state index in [4.69, 9.17) is 0 Å². The Hall–Kier alpha value is -2.29. The minimum Gasteiger partial charge on any atom is -0.383 e. The summed E-state index contributed by atoms with van der Waals surface area (Å²) >= 11 is 0. The smallest absolute Gasteiger partial charge is 0.258 e. The summed E-state index contributed by atoms with van der Waals surface area (Å²) in [5.74, 6) is 0.0826. The first-order valence-corrected chi connectivity index (χ1v) is 6.98. The molecule has 1 amide bonds. The molecule has 0 unspecified atom stereocenters. The van der Waals surface area contributed by atoms with Crippen molar-refractivity contribution in [1.82, 2.24) is 0 Å². The van der Waals surface area contributed by atoms with Crippen LogP contribution in [0.3, 0.4) is 0 Å².